The molecule has 0 saturated carbocycles. The van der Waals surface area contributed by atoms with Crippen LogP contribution in [0.4, 0.5) is 29.3 Å². The largest absolute Gasteiger partial charge is 0.416 e. The zero-order valence-electron chi connectivity index (χ0n) is 17.1. The van der Waals surface area contributed by atoms with Crippen molar-refractivity contribution >= 4 is 23.3 Å². The second kappa shape index (κ2) is 8.37. The van der Waals surface area contributed by atoms with Crippen molar-refractivity contribution in [3.8, 4) is 0 Å². The van der Waals surface area contributed by atoms with Crippen LogP contribution in [0.5, 0.6) is 0 Å². The number of fused-ring (bicyclic) bond motifs is 1. The molecule has 7 nitrogen and oxygen atoms in total. The van der Waals surface area contributed by atoms with Gasteiger partial charge in [-0.25, -0.2) is 9.78 Å². The molecule has 0 saturated heterocycles. The van der Waals surface area contributed by atoms with Crippen molar-refractivity contribution in [3.05, 3.63) is 77.4 Å². The van der Waals surface area contributed by atoms with Crippen LogP contribution in [0.3, 0.4) is 0 Å². The van der Waals surface area contributed by atoms with Crippen LogP contribution >= 0.6 is 0 Å². The Morgan fingerprint density at radius 3 is 2.66 bits per heavy atom. The molecule has 0 radical (unpaired) electrons. The standard InChI is InChI=1S/C22H20F3N5O2/c1-14-5-6-15(20(31)27-17-4-2-3-16(12-17)22(23,24)25)11-18(14)28-21(32)30-10-9-29-8-7-26-19(29)13-30/h2-8,11-12H,9-10,13H2,1H3,(H,27,31)(H,28,32). The first kappa shape index (κ1) is 21.4. The van der Waals surface area contributed by atoms with E-state index in [0.29, 0.717) is 25.3 Å². The summed E-state index contributed by atoms with van der Waals surface area (Å²) in [6.07, 6.45) is -0.956. The topological polar surface area (TPSA) is 79.3 Å². The Hall–Kier alpha value is -3.82. The Kier molecular flexibility index (Phi) is 5.60. The fourth-order valence-electron chi connectivity index (χ4n) is 3.42. The van der Waals surface area contributed by atoms with Gasteiger partial charge < -0.3 is 20.1 Å². The number of rotatable bonds is 3. The predicted octanol–water partition coefficient (Wildman–Crippen LogP) is 4.51. The lowest BCUT2D eigenvalue weighted by molar-refractivity contribution is -0.137. The molecule has 1 aliphatic heterocycles. The lowest BCUT2D eigenvalue weighted by Gasteiger charge is -2.28. The molecule has 0 unspecified atom stereocenters. The number of nitrogens with one attached hydrogen (secondary N) is 2. The van der Waals surface area contributed by atoms with E-state index < -0.39 is 17.6 Å². The zero-order chi connectivity index (χ0) is 22.9. The van der Waals surface area contributed by atoms with Crippen molar-refractivity contribution in [3.63, 3.8) is 0 Å². The van der Waals surface area contributed by atoms with Gasteiger partial charge in [-0.3, -0.25) is 4.79 Å². The quantitative estimate of drug-likeness (QED) is 0.625. The molecule has 166 valence electrons. The molecule has 4 rings (SSSR count). The molecule has 0 spiro atoms. The summed E-state index contributed by atoms with van der Waals surface area (Å²) in [5.41, 5.74) is 0.569. The second-order valence-corrected chi connectivity index (χ2v) is 7.45. The molecular weight excluding hydrogens is 423 g/mol. The third-order valence-electron chi connectivity index (χ3n) is 5.22. The van der Waals surface area contributed by atoms with E-state index in [9.17, 15) is 22.8 Å². The van der Waals surface area contributed by atoms with Crippen LogP contribution in [0.2, 0.25) is 0 Å². The smallest absolute Gasteiger partial charge is 0.332 e. The SMILES string of the molecule is Cc1ccc(C(=O)Nc2cccc(C(F)(F)F)c2)cc1NC(=O)N1CCn2ccnc2C1. The molecule has 32 heavy (non-hydrogen) atoms. The number of carbonyl (C=O) groups is 2. The summed E-state index contributed by atoms with van der Waals surface area (Å²) in [7, 11) is 0. The molecule has 3 amide bonds. The number of urea groups is 1. The number of nitrogens with zero attached hydrogens (tertiary/aromatic N) is 3. The number of aryl methyl sites for hydroxylation is 1. The van der Waals surface area contributed by atoms with E-state index in [-0.39, 0.29) is 17.3 Å². The van der Waals surface area contributed by atoms with Gasteiger partial charge >= 0.3 is 12.2 Å². The minimum Gasteiger partial charge on any atom is -0.332 e. The molecule has 2 heterocycles. The number of benzene rings is 2. The van der Waals surface area contributed by atoms with E-state index in [1.807, 2.05) is 10.8 Å². The molecule has 3 aromatic rings. The first-order chi connectivity index (χ1) is 15.2. The van der Waals surface area contributed by atoms with Crippen LogP contribution in [0.1, 0.15) is 27.3 Å². The number of hydrogen-bond donors (Lipinski definition) is 2. The predicted molar refractivity (Wildman–Crippen MR) is 112 cm³/mol. The van der Waals surface area contributed by atoms with Gasteiger partial charge in [0.1, 0.15) is 5.82 Å². The molecular formula is C22H20F3N5O2. The van der Waals surface area contributed by atoms with Crippen molar-refractivity contribution in [2.45, 2.75) is 26.2 Å². The minimum absolute atomic E-state index is 0.0276. The zero-order valence-corrected chi connectivity index (χ0v) is 17.1. The Morgan fingerprint density at radius 2 is 1.88 bits per heavy atom. The van der Waals surface area contributed by atoms with Crippen LogP contribution in [-0.2, 0) is 19.3 Å². The maximum absolute atomic E-state index is 12.9. The summed E-state index contributed by atoms with van der Waals surface area (Å²) in [5, 5.41) is 5.28. The van der Waals surface area contributed by atoms with Gasteiger partial charge in [-0.2, -0.15) is 13.2 Å². The van der Waals surface area contributed by atoms with Crippen LogP contribution < -0.4 is 10.6 Å². The van der Waals surface area contributed by atoms with Crippen molar-refractivity contribution in [1.29, 1.82) is 0 Å². The van der Waals surface area contributed by atoms with Gasteiger partial charge in [-0.05, 0) is 42.8 Å². The Bertz CT molecular complexity index is 1170. The Labute approximate surface area is 181 Å². The van der Waals surface area contributed by atoms with Gasteiger partial charge in [0, 0.05) is 42.4 Å². The maximum atomic E-state index is 12.9. The fourth-order valence-corrected chi connectivity index (χ4v) is 3.42. The number of anilines is 2. The maximum Gasteiger partial charge on any atom is 0.416 e. The number of hydrogen-bond acceptors (Lipinski definition) is 3. The van der Waals surface area contributed by atoms with Gasteiger partial charge in [0.25, 0.3) is 5.91 Å². The van der Waals surface area contributed by atoms with E-state index in [4.69, 9.17) is 0 Å². The molecule has 0 fully saturated rings. The fraction of sp³-hybridized carbons (Fsp3) is 0.227. The molecule has 1 aliphatic rings. The monoisotopic (exact) mass is 443 g/mol. The number of halogens is 3. The third kappa shape index (κ3) is 4.58. The molecule has 1 aromatic heterocycles. The molecule has 0 atom stereocenters. The van der Waals surface area contributed by atoms with E-state index in [0.717, 1.165) is 23.5 Å². The summed E-state index contributed by atoms with van der Waals surface area (Å²) in [6.45, 7) is 3.31. The number of aromatic nitrogens is 2. The number of carbonyl (C=O) groups excluding carboxylic acids is 2. The molecule has 2 aromatic carbocycles. The van der Waals surface area contributed by atoms with Crippen LogP contribution in [0.25, 0.3) is 0 Å². The van der Waals surface area contributed by atoms with E-state index in [1.54, 1.807) is 30.2 Å². The molecule has 0 bridgehead atoms. The normalized spacial score (nSPS) is 13.4. The van der Waals surface area contributed by atoms with Crippen LogP contribution in [-0.4, -0.2) is 32.9 Å². The summed E-state index contributed by atoms with van der Waals surface area (Å²) >= 11 is 0. The van der Waals surface area contributed by atoms with Gasteiger partial charge in [0.15, 0.2) is 0 Å². The molecule has 0 aliphatic carbocycles. The van der Waals surface area contributed by atoms with E-state index in [2.05, 4.69) is 15.6 Å². The lowest BCUT2D eigenvalue weighted by Crippen LogP contribution is -2.40. The Morgan fingerprint density at radius 1 is 1.06 bits per heavy atom. The first-order valence-corrected chi connectivity index (χ1v) is 9.86. The second-order valence-electron chi connectivity index (χ2n) is 7.45. The van der Waals surface area contributed by atoms with Crippen molar-refractivity contribution < 1.29 is 22.8 Å². The average molecular weight is 443 g/mol. The summed E-state index contributed by atoms with van der Waals surface area (Å²) in [6, 6.07) is 8.80. The van der Waals surface area contributed by atoms with Crippen molar-refractivity contribution in [1.82, 2.24) is 14.5 Å². The highest BCUT2D eigenvalue weighted by Crippen LogP contribution is 2.31. The third-order valence-corrected chi connectivity index (χ3v) is 5.22. The number of amides is 3. The Balaban J connectivity index is 1.47. The van der Waals surface area contributed by atoms with Gasteiger partial charge in [0.05, 0.1) is 12.1 Å². The van der Waals surface area contributed by atoms with Crippen LogP contribution in [0, 0.1) is 6.92 Å². The van der Waals surface area contributed by atoms with Gasteiger partial charge in [-0.15, -0.1) is 0 Å². The molecule has 2 N–H and O–H groups in total. The van der Waals surface area contributed by atoms with Crippen molar-refractivity contribution in [2.75, 3.05) is 17.2 Å². The van der Waals surface area contributed by atoms with E-state index in [1.165, 1.54) is 18.2 Å². The highest BCUT2D eigenvalue weighted by atomic mass is 19.4. The summed E-state index contributed by atoms with van der Waals surface area (Å²) in [5.74, 6) is 0.206. The minimum atomic E-state index is -4.51. The summed E-state index contributed by atoms with van der Waals surface area (Å²) < 4.78 is 40.7. The van der Waals surface area contributed by atoms with Gasteiger partial charge in [-0.1, -0.05) is 12.1 Å². The van der Waals surface area contributed by atoms with Crippen LogP contribution in [0.15, 0.2) is 54.9 Å². The number of alkyl halides is 3. The number of imidazole rings is 1. The average Bonchev–Trinajstić information content (AvgIpc) is 3.22. The first-order valence-electron chi connectivity index (χ1n) is 9.86. The molecule has 10 heteroatoms. The highest BCUT2D eigenvalue weighted by Gasteiger charge is 2.30. The van der Waals surface area contributed by atoms with Gasteiger partial charge in [0.2, 0.25) is 0 Å². The van der Waals surface area contributed by atoms with E-state index >= 15 is 0 Å². The van der Waals surface area contributed by atoms with Crippen molar-refractivity contribution in [2.24, 2.45) is 0 Å². The summed E-state index contributed by atoms with van der Waals surface area (Å²) in [4.78, 5) is 31.2. The highest BCUT2D eigenvalue weighted by molar-refractivity contribution is 6.05. The lowest BCUT2D eigenvalue weighted by atomic mass is 10.1.